The molecular weight excluding hydrogens is 128 g/mol. The van der Waals surface area contributed by atoms with Crippen LogP contribution in [0.1, 0.15) is 6.92 Å². The molecular formula is C8H12O2. The Balaban J connectivity index is 2.68. The van der Waals surface area contributed by atoms with Gasteiger partial charge in [-0.1, -0.05) is 13.2 Å². The molecule has 2 heteroatoms. The fraction of sp³-hybridized carbons (Fsp3) is 0.500. The molecule has 0 radical (unpaired) electrons. The maximum atomic E-state index is 5.39. The van der Waals surface area contributed by atoms with Gasteiger partial charge in [-0.3, -0.25) is 0 Å². The Kier molecular flexibility index (Phi) is 1.92. The zero-order chi connectivity index (χ0) is 7.61. The molecule has 56 valence electrons. The van der Waals surface area contributed by atoms with E-state index in [0.29, 0.717) is 6.61 Å². The lowest BCUT2D eigenvalue weighted by Crippen LogP contribution is -2.23. The third kappa shape index (κ3) is 1.13. The third-order valence-corrected chi connectivity index (χ3v) is 1.50. The molecule has 1 heterocycles. The number of rotatable bonds is 2. The minimum Gasteiger partial charge on any atom is -0.340 e. The van der Waals surface area contributed by atoms with E-state index in [4.69, 9.17) is 9.47 Å². The van der Waals surface area contributed by atoms with Crippen LogP contribution in [0.25, 0.3) is 0 Å². The van der Waals surface area contributed by atoms with Crippen molar-refractivity contribution in [1.82, 2.24) is 0 Å². The maximum Gasteiger partial charge on any atom is 0.207 e. The summed E-state index contributed by atoms with van der Waals surface area (Å²) in [7, 11) is 0. The van der Waals surface area contributed by atoms with Crippen molar-refractivity contribution in [2.75, 3.05) is 6.61 Å². The summed E-state index contributed by atoms with van der Waals surface area (Å²) in [6.45, 7) is 9.76. The second kappa shape index (κ2) is 2.56. The summed E-state index contributed by atoms with van der Waals surface area (Å²) in [5.74, 6) is -0.723. The molecule has 1 rings (SSSR count). The predicted molar refractivity (Wildman–Crippen MR) is 39.6 cm³/mol. The second-order valence-corrected chi connectivity index (χ2v) is 2.37. The lowest BCUT2D eigenvalue weighted by atomic mass is 10.3. The molecule has 0 aromatic rings. The van der Waals surface area contributed by atoms with Gasteiger partial charge in [0, 0.05) is 0 Å². The topological polar surface area (TPSA) is 18.5 Å². The highest BCUT2D eigenvalue weighted by atomic mass is 16.7. The van der Waals surface area contributed by atoms with Gasteiger partial charge < -0.3 is 9.47 Å². The highest BCUT2D eigenvalue weighted by Crippen LogP contribution is 2.25. The summed E-state index contributed by atoms with van der Waals surface area (Å²) in [6.07, 6.45) is 3.36. The lowest BCUT2D eigenvalue weighted by Gasteiger charge is -2.18. The van der Waals surface area contributed by atoms with Gasteiger partial charge in [0.15, 0.2) is 0 Å². The van der Waals surface area contributed by atoms with Crippen molar-refractivity contribution in [3.63, 3.8) is 0 Å². The highest BCUT2D eigenvalue weighted by molar-refractivity contribution is 5.05. The van der Waals surface area contributed by atoms with E-state index < -0.39 is 5.79 Å². The van der Waals surface area contributed by atoms with Gasteiger partial charge in [0.1, 0.15) is 0 Å². The molecule has 1 aliphatic rings. The summed E-state index contributed by atoms with van der Waals surface area (Å²) < 4.78 is 10.7. The molecule has 1 saturated heterocycles. The first kappa shape index (κ1) is 7.51. The van der Waals surface area contributed by atoms with Crippen molar-refractivity contribution in [2.24, 2.45) is 0 Å². The Morgan fingerprint density at radius 3 is 2.30 bits per heavy atom. The largest absolute Gasteiger partial charge is 0.340 e. The van der Waals surface area contributed by atoms with Gasteiger partial charge in [0.05, 0.1) is 12.7 Å². The van der Waals surface area contributed by atoms with Crippen LogP contribution in [-0.2, 0) is 9.47 Å². The Labute approximate surface area is 61.1 Å². The Hall–Kier alpha value is -0.600. The second-order valence-electron chi connectivity index (χ2n) is 2.37. The molecule has 1 atom stereocenters. The van der Waals surface area contributed by atoms with Crippen LogP contribution in [0.5, 0.6) is 0 Å². The monoisotopic (exact) mass is 140 g/mol. The molecule has 10 heavy (non-hydrogen) atoms. The zero-order valence-corrected chi connectivity index (χ0v) is 6.17. The van der Waals surface area contributed by atoms with Crippen molar-refractivity contribution >= 4 is 0 Å². The molecule has 0 amide bonds. The lowest BCUT2D eigenvalue weighted by molar-refractivity contribution is -0.0858. The standard InChI is InChI=1S/C8H12O2/c1-4-8(5-2)9-6-7(3)10-8/h4-5,7H,1-2,6H2,3H3/t7-/m0/s1. The van der Waals surface area contributed by atoms with Crippen LogP contribution in [0.3, 0.4) is 0 Å². The molecule has 0 aromatic carbocycles. The molecule has 2 nitrogen and oxygen atoms in total. The fourth-order valence-electron chi connectivity index (χ4n) is 0.927. The van der Waals surface area contributed by atoms with Crippen LogP contribution in [0.4, 0.5) is 0 Å². The fourth-order valence-corrected chi connectivity index (χ4v) is 0.927. The van der Waals surface area contributed by atoms with Crippen molar-refractivity contribution in [3.8, 4) is 0 Å². The molecule has 0 spiro atoms. The average Bonchev–Trinajstić information content (AvgIpc) is 2.33. The minimum absolute atomic E-state index is 0.135. The summed E-state index contributed by atoms with van der Waals surface area (Å²) in [6, 6.07) is 0. The van der Waals surface area contributed by atoms with E-state index in [0.717, 1.165) is 0 Å². The van der Waals surface area contributed by atoms with Gasteiger partial charge in [-0.05, 0) is 19.1 Å². The first-order valence-corrected chi connectivity index (χ1v) is 3.31. The number of hydrogen-bond acceptors (Lipinski definition) is 2. The molecule has 1 aliphatic heterocycles. The highest BCUT2D eigenvalue weighted by Gasteiger charge is 2.33. The molecule has 0 aromatic heterocycles. The minimum atomic E-state index is -0.723. The number of ether oxygens (including phenoxy) is 2. The van der Waals surface area contributed by atoms with E-state index in [9.17, 15) is 0 Å². The molecule has 0 saturated carbocycles. The van der Waals surface area contributed by atoms with E-state index in [2.05, 4.69) is 13.2 Å². The average molecular weight is 140 g/mol. The van der Waals surface area contributed by atoms with Crippen molar-refractivity contribution in [3.05, 3.63) is 25.3 Å². The van der Waals surface area contributed by atoms with E-state index in [-0.39, 0.29) is 6.10 Å². The van der Waals surface area contributed by atoms with Crippen LogP contribution in [0.2, 0.25) is 0 Å². The van der Waals surface area contributed by atoms with Gasteiger partial charge in [0.2, 0.25) is 5.79 Å². The van der Waals surface area contributed by atoms with Gasteiger partial charge in [-0.15, -0.1) is 0 Å². The van der Waals surface area contributed by atoms with E-state index in [1.54, 1.807) is 12.2 Å². The van der Waals surface area contributed by atoms with Crippen molar-refractivity contribution < 1.29 is 9.47 Å². The van der Waals surface area contributed by atoms with E-state index >= 15 is 0 Å². The molecule has 0 N–H and O–H groups in total. The van der Waals surface area contributed by atoms with Crippen LogP contribution in [-0.4, -0.2) is 18.5 Å². The quantitative estimate of drug-likeness (QED) is 0.541. The molecule has 0 bridgehead atoms. The van der Waals surface area contributed by atoms with Crippen LogP contribution >= 0.6 is 0 Å². The van der Waals surface area contributed by atoms with Crippen LogP contribution in [0, 0.1) is 0 Å². The predicted octanol–water partition coefficient (Wildman–Crippen LogP) is 1.49. The zero-order valence-electron chi connectivity index (χ0n) is 6.17. The van der Waals surface area contributed by atoms with Crippen molar-refractivity contribution in [1.29, 1.82) is 0 Å². The Morgan fingerprint density at radius 1 is 1.50 bits per heavy atom. The first-order chi connectivity index (χ1) is 4.72. The van der Waals surface area contributed by atoms with Gasteiger partial charge in [0.25, 0.3) is 0 Å². The molecule has 0 unspecified atom stereocenters. The van der Waals surface area contributed by atoms with Crippen LogP contribution < -0.4 is 0 Å². The smallest absolute Gasteiger partial charge is 0.207 e. The molecule has 0 aliphatic carbocycles. The Morgan fingerprint density at radius 2 is 2.10 bits per heavy atom. The van der Waals surface area contributed by atoms with Crippen LogP contribution in [0.15, 0.2) is 25.3 Å². The first-order valence-electron chi connectivity index (χ1n) is 3.31. The summed E-state index contributed by atoms with van der Waals surface area (Å²) >= 11 is 0. The van der Waals surface area contributed by atoms with E-state index in [1.807, 2.05) is 6.92 Å². The van der Waals surface area contributed by atoms with Gasteiger partial charge in [-0.25, -0.2) is 0 Å². The summed E-state index contributed by atoms with van der Waals surface area (Å²) in [5, 5.41) is 0. The SMILES string of the molecule is C=CC1(C=C)OC[C@H](C)O1. The van der Waals surface area contributed by atoms with Gasteiger partial charge in [-0.2, -0.15) is 0 Å². The summed E-state index contributed by atoms with van der Waals surface area (Å²) in [5.41, 5.74) is 0. The maximum absolute atomic E-state index is 5.39. The normalized spacial score (nSPS) is 29.9. The Bertz CT molecular complexity index is 143. The summed E-state index contributed by atoms with van der Waals surface area (Å²) in [4.78, 5) is 0. The third-order valence-electron chi connectivity index (χ3n) is 1.50. The van der Waals surface area contributed by atoms with Crippen molar-refractivity contribution in [2.45, 2.75) is 18.8 Å². The van der Waals surface area contributed by atoms with Gasteiger partial charge >= 0.3 is 0 Å². The number of hydrogen-bond donors (Lipinski definition) is 0. The van der Waals surface area contributed by atoms with E-state index in [1.165, 1.54) is 0 Å². The molecule has 1 fully saturated rings.